The van der Waals surface area contributed by atoms with Crippen molar-refractivity contribution in [2.45, 2.75) is 11.2 Å². The summed E-state index contributed by atoms with van der Waals surface area (Å²) in [5.74, 6) is -0.560. The van der Waals surface area contributed by atoms with E-state index in [1.54, 1.807) is 0 Å². The minimum Gasteiger partial charge on any atom is -0.379 e. The fourth-order valence-corrected chi connectivity index (χ4v) is 3.61. The van der Waals surface area contributed by atoms with Crippen LogP contribution in [0, 0.1) is 5.82 Å². The van der Waals surface area contributed by atoms with E-state index < -0.39 is 17.0 Å². The first-order valence-electron chi connectivity index (χ1n) is 6.26. The number of ether oxygens (including phenoxy) is 1. The van der Waals surface area contributed by atoms with Gasteiger partial charge in [0.15, 0.2) is 16.4 Å². The number of hydrogen-bond donors (Lipinski definition) is 2. The monoisotopic (exact) mass is 313 g/mol. The van der Waals surface area contributed by atoms with Gasteiger partial charge in [-0.25, -0.2) is 13.8 Å². The zero-order valence-electron chi connectivity index (χ0n) is 10.9. The number of benzene rings is 1. The molecule has 2 aliphatic heterocycles. The van der Waals surface area contributed by atoms with Crippen molar-refractivity contribution in [3.05, 3.63) is 29.6 Å². The van der Waals surface area contributed by atoms with Crippen LogP contribution in [0.3, 0.4) is 0 Å². The van der Waals surface area contributed by atoms with Gasteiger partial charge in [-0.3, -0.25) is 4.79 Å². The van der Waals surface area contributed by atoms with Crippen molar-refractivity contribution in [3.8, 4) is 0 Å². The molecule has 112 valence electrons. The van der Waals surface area contributed by atoms with Crippen LogP contribution in [0.5, 0.6) is 0 Å². The van der Waals surface area contributed by atoms with Crippen molar-refractivity contribution in [3.63, 3.8) is 0 Å². The number of carbonyl (C=O) groups excluding carboxylic acids is 1. The second kappa shape index (κ2) is 4.96. The number of halogens is 2. The number of amidine groups is 1. The minimum absolute atomic E-state index is 0.0394. The van der Waals surface area contributed by atoms with Gasteiger partial charge in [-0.05, 0) is 18.2 Å². The Kier molecular flexibility index (Phi) is 3.37. The van der Waals surface area contributed by atoms with Gasteiger partial charge in [0, 0.05) is 17.0 Å². The van der Waals surface area contributed by atoms with Crippen molar-refractivity contribution in [1.82, 2.24) is 0 Å². The molecule has 1 aromatic rings. The molecule has 1 saturated heterocycles. The maximum atomic E-state index is 15.2. The van der Waals surface area contributed by atoms with Crippen LogP contribution in [0.1, 0.15) is 5.56 Å². The van der Waals surface area contributed by atoms with Crippen molar-refractivity contribution in [1.29, 1.82) is 0 Å². The number of nitrogens with zero attached hydrogens (tertiary/aromatic N) is 1. The fourth-order valence-electron chi connectivity index (χ4n) is 2.69. The Morgan fingerprint density at radius 2 is 2.29 bits per heavy atom. The molecule has 0 radical (unpaired) electrons. The topological polar surface area (TPSA) is 76.7 Å². The van der Waals surface area contributed by atoms with E-state index in [1.807, 2.05) is 0 Å². The lowest BCUT2D eigenvalue weighted by Gasteiger charge is -2.38. The minimum atomic E-state index is -1.83. The van der Waals surface area contributed by atoms with Gasteiger partial charge >= 0.3 is 0 Å². The average Bonchev–Trinajstić information content (AvgIpc) is 2.79. The number of carbonyl (C=O) groups is 1. The molecule has 5 nitrogen and oxygen atoms in total. The molecule has 0 aromatic heterocycles. The summed E-state index contributed by atoms with van der Waals surface area (Å²) < 4.78 is 34.7. The molecule has 0 bridgehead atoms. The van der Waals surface area contributed by atoms with Crippen molar-refractivity contribution >= 4 is 29.0 Å². The van der Waals surface area contributed by atoms with Crippen LogP contribution in [0.15, 0.2) is 23.2 Å². The van der Waals surface area contributed by atoms with Gasteiger partial charge < -0.3 is 15.8 Å². The van der Waals surface area contributed by atoms with E-state index >= 15 is 4.39 Å². The van der Waals surface area contributed by atoms with Gasteiger partial charge in [0.1, 0.15) is 5.82 Å². The first kappa shape index (κ1) is 14.3. The van der Waals surface area contributed by atoms with Crippen LogP contribution < -0.4 is 11.1 Å². The van der Waals surface area contributed by atoms with E-state index in [-0.39, 0.29) is 29.7 Å². The summed E-state index contributed by atoms with van der Waals surface area (Å²) >= 11 is 1.09. The van der Waals surface area contributed by atoms with Gasteiger partial charge in [0.25, 0.3) is 0 Å². The average molecular weight is 313 g/mol. The molecule has 3 rings (SSSR count). The number of nitrogens with two attached hydrogens (primary N) is 1. The van der Waals surface area contributed by atoms with Gasteiger partial charge in [-0.2, -0.15) is 0 Å². The second-order valence-electron chi connectivity index (χ2n) is 5.01. The third-order valence-corrected chi connectivity index (χ3v) is 4.76. The number of alkyl halides is 1. The van der Waals surface area contributed by atoms with Crippen molar-refractivity contribution in [2.24, 2.45) is 10.7 Å². The van der Waals surface area contributed by atoms with Crippen LogP contribution in [0.4, 0.5) is 14.5 Å². The normalized spacial score (nSPS) is 31.4. The summed E-state index contributed by atoms with van der Waals surface area (Å²) in [6.45, 7) is -0.256. The molecular formula is C13H13F2N3O2S. The standard InChI is InChI=1S/C13H13F2N3O2S/c14-10-2-1-8(17-7-19)3-9(10)13-5-20-4-12(13,15)6-21-11(16)18-13/h1-3,7H,4-6H2,(H2,16,18)(H,17,19). The van der Waals surface area contributed by atoms with E-state index in [9.17, 15) is 9.18 Å². The van der Waals surface area contributed by atoms with Crippen LogP contribution >= 0.6 is 11.8 Å². The van der Waals surface area contributed by atoms with Gasteiger partial charge in [-0.1, -0.05) is 11.8 Å². The molecule has 0 saturated carbocycles. The Labute approximate surface area is 123 Å². The highest BCUT2D eigenvalue weighted by molar-refractivity contribution is 8.13. The van der Waals surface area contributed by atoms with E-state index in [1.165, 1.54) is 18.2 Å². The highest BCUT2D eigenvalue weighted by Gasteiger charge is 2.61. The van der Waals surface area contributed by atoms with Gasteiger partial charge in [0.2, 0.25) is 6.41 Å². The molecule has 1 fully saturated rings. The Balaban J connectivity index is 2.18. The number of fused-ring (bicyclic) bond motifs is 1. The number of hydrogen-bond acceptors (Lipinski definition) is 5. The Morgan fingerprint density at radius 3 is 3.05 bits per heavy atom. The largest absolute Gasteiger partial charge is 0.379 e. The predicted molar refractivity (Wildman–Crippen MR) is 76.5 cm³/mol. The van der Waals surface area contributed by atoms with E-state index in [2.05, 4.69) is 10.3 Å². The van der Waals surface area contributed by atoms with E-state index in [0.717, 1.165) is 11.8 Å². The maximum Gasteiger partial charge on any atom is 0.211 e. The fraction of sp³-hybridized carbons (Fsp3) is 0.385. The SMILES string of the molecule is NC1=NC2(c3cc(NC=O)ccc3F)COCC2(F)CS1. The molecule has 2 unspecified atom stereocenters. The Morgan fingerprint density at radius 1 is 1.48 bits per heavy atom. The molecule has 1 aromatic carbocycles. The highest BCUT2D eigenvalue weighted by Crippen LogP contribution is 2.50. The highest BCUT2D eigenvalue weighted by atomic mass is 32.2. The molecule has 1 amide bonds. The number of anilines is 1. The first-order valence-corrected chi connectivity index (χ1v) is 7.24. The van der Waals surface area contributed by atoms with Crippen molar-refractivity contribution < 1.29 is 18.3 Å². The maximum absolute atomic E-state index is 15.2. The van der Waals surface area contributed by atoms with E-state index in [4.69, 9.17) is 10.5 Å². The predicted octanol–water partition coefficient (Wildman–Crippen LogP) is 1.39. The Hall–Kier alpha value is -1.67. The Bertz CT molecular complexity index is 627. The molecule has 8 heteroatoms. The molecule has 3 N–H and O–H groups in total. The molecular weight excluding hydrogens is 300 g/mol. The molecule has 2 aliphatic rings. The summed E-state index contributed by atoms with van der Waals surface area (Å²) in [5, 5.41) is 2.62. The zero-order chi connectivity index (χ0) is 15.1. The van der Waals surface area contributed by atoms with Crippen LogP contribution in [-0.2, 0) is 15.1 Å². The summed E-state index contributed by atoms with van der Waals surface area (Å²) in [5.41, 5.74) is 2.77. The van der Waals surface area contributed by atoms with Crippen LogP contribution in [0.2, 0.25) is 0 Å². The number of nitrogens with one attached hydrogen (secondary N) is 1. The van der Waals surface area contributed by atoms with Gasteiger partial charge in [0.05, 0.1) is 13.2 Å². The molecule has 0 aliphatic carbocycles. The summed E-state index contributed by atoms with van der Waals surface area (Å²) in [6.07, 6.45) is 0.469. The van der Waals surface area contributed by atoms with Crippen LogP contribution in [0.25, 0.3) is 0 Å². The lowest BCUT2D eigenvalue weighted by atomic mass is 9.79. The molecule has 2 atom stereocenters. The second-order valence-corrected chi connectivity index (χ2v) is 6.01. The quantitative estimate of drug-likeness (QED) is 0.827. The molecule has 0 spiro atoms. The molecule has 21 heavy (non-hydrogen) atoms. The molecule has 2 heterocycles. The van der Waals surface area contributed by atoms with Crippen LogP contribution in [-0.4, -0.2) is 36.2 Å². The summed E-state index contributed by atoms with van der Waals surface area (Å²) in [6, 6.07) is 3.94. The summed E-state index contributed by atoms with van der Waals surface area (Å²) in [7, 11) is 0. The summed E-state index contributed by atoms with van der Waals surface area (Å²) in [4.78, 5) is 14.7. The zero-order valence-corrected chi connectivity index (χ0v) is 11.8. The van der Waals surface area contributed by atoms with Gasteiger partial charge in [-0.15, -0.1) is 0 Å². The first-order chi connectivity index (χ1) is 10.0. The lowest BCUT2D eigenvalue weighted by molar-refractivity contribution is -0.105. The number of aliphatic imine (C=N–C) groups is 1. The third kappa shape index (κ3) is 2.09. The third-order valence-electron chi connectivity index (χ3n) is 3.77. The lowest BCUT2D eigenvalue weighted by Crippen LogP contribution is -2.52. The number of amides is 1. The van der Waals surface area contributed by atoms with Crippen molar-refractivity contribution in [2.75, 3.05) is 24.3 Å². The number of rotatable bonds is 3. The van der Waals surface area contributed by atoms with E-state index in [0.29, 0.717) is 12.1 Å². The smallest absolute Gasteiger partial charge is 0.211 e. The number of thioether (sulfide) groups is 1.